The third-order valence-corrected chi connectivity index (χ3v) is 3.62. The van der Waals surface area contributed by atoms with Crippen molar-refractivity contribution >= 4 is 17.2 Å². The lowest BCUT2D eigenvalue weighted by atomic mass is 10.4. The molecule has 4 nitrogen and oxygen atoms in total. The molecule has 0 amide bonds. The van der Waals surface area contributed by atoms with Crippen LogP contribution >= 0.6 is 11.3 Å². The van der Waals surface area contributed by atoms with Crippen LogP contribution in [0.2, 0.25) is 0 Å². The molecule has 0 bridgehead atoms. The summed E-state index contributed by atoms with van der Waals surface area (Å²) in [6.45, 7) is 6.92. The molecule has 0 radical (unpaired) electrons. The fourth-order valence-electron chi connectivity index (χ4n) is 1.56. The van der Waals surface area contributed by atoms with Crippen LogP contribution in [0.4, 0.5) is 5.82 Å². The molecule has 0 spiro atoms. The number of hydrogen-bond donors (Lipinski definition) is 1. The second kappa shape index (κ2) is 4.25. The molecule has 2 rings (SSSR count). The Labute approximate surface area is 99.3 Å². The van der Waals surface area contributed by atoms with Gasteiger partial charge < -0.3 is 5.32 Å². The van der Waals surface area contributed by atoms with Gasteiger partial charge in [0.15, 0.2) is 0 Å². The van der Waals surface area contributed by atoms with Gasteiger partial charge >= 0.3 is 0 Å². The molecule has 5 heteroatoms. The Hall–Kier alpha value is -1.36. The van der Waals surface area contributed by atoms with Crippen molar-refractivity contribution in [3.8, 4) is 0 Å². The summed E-state index contributed by atoms with van der Waals surface area (Å²) in [6.07, 6.45) is 0. The highest BCUT2D eigenvalue weighted by Gasteiger charge is 2.05. The van der Waals surface area contributed by atoms with Crippen LogP contribution < -0.4 is 5.32 Å². The van der Waals surface area contributed by atoms with Gasteiger partial charge in [-0.15, -0.1) is 11.3 Å². The lowest BCUT2D eigenvalue weighted by Crippen LogP contribution is -2.00. The van der Waals surface area contributed by atoms with Gasteiger partial charge in [0.25, 0.3) is 0 Å². The van der Waals surface area contributed by atoms with Gasteiger partial charge in [-0.1, -0.05) is 0 Å². The number of rotatable bonds is 3. The second-order valence-corrected chi connectivity index (χ2v) is 5.18. The number of hydrogen-bond acceptors (Lipinski definition) is 4. The van der Waals surface area contributed by atoms with Gasteiger partial charge in [-0.05, 0) is 20.8 Å². The van der Waals surface area contributed by atoms with E-state index in [1.54, 1.807) is 11.3 Å². The summed E-state index contributed by atoms with van der Waals surface area (Å²) in [4.78, 5) is 5.68. The van der Waals surface area contributed by atoms with E-state index in [9.17, 15) is 0 Å². The van der Waals surface area contributed by atoms with Crippen LogP contribution in [-0.4, -0.2) is 14.8 Å². The van der Waals surface area contributed by atoms with E-state index in [1.807, 2.05) is 38.6 Å². The summed E-state index contributed by atoms with van der Waals surface area (Å²) < 4.78 is 1.87. The first-order valence-electron chi connectivity index (χ1n) is 5.23. The highest BCUT2D eigenvalue weighted by molar-refractivity contribution is 7.11. The van der Waals surface area contributed by atoms with E-state index in [0.717, 1.165) is 28.8 Å². The van der Waals surface area contributed by atoms with Gasteiger partial charge in [0.1, 0.15) is 5.82 Å². The normalized spacial score (nSPS) is 10.8. The standard InChI is InChI=1S/C11H16N4S/c1-7-5-11(14-15(7)4)12-6-10-8(2)13-9(3)16-10/h5H,6H2,1-4H3,(H,12,14). The van der Waals surface area contributed by atoms with Gasteiger partial charge in [0.2, 0.25) is 0 Å². The highest BCUT2D eigenvalue weighted by atomic mass is 32.1. The molecule has 0 aliphatic carbocycles. The zero-order valence-electron chi connectivity index (χ0n) is 10.0. The molecule has 2 heterocycles. The monoisotopic (exact) mass is 236 g/mol. The molecule has 2 aromatic rings. The van der Waals surface area contributed by atoms with E-state index in [1.165, 1.54) is 4.88 Å². The Bertz CT molecular complexity index is 479. The lowest BCUT2D eigenvalue weighted by Gasteiger charge is -2.00. The molecule has 0 fully saturated rings. The maximum absolute atomic E-state index is 4.40. The lowest BCUT2D eigenvalue weighted by molar-refractivity contribution is 0.741. The number of thiazole rings is 1. The smallest absolute Gasteiger partial charge is 0.148 e. The van der Waals surface area contributed by atoms with Crippen molar-refractivity contribution in [2.24, 2.45) is 7.05 Å². The maximum Gasteiger partial charge on any atom is 0.148 e. The third kappa shape index (κ3) is 2.24. The number of nitrogens with one attached hydrogen (secondary N) is 1. The zero-order valence-corrected chi connectivity index (χ0v) is 10.9. The van der Waals surface area contributed by atoms with Crippen molar-refractivity contribution < 1.29 is 0 Å². The second-order valence-electron chi connectivity index (χ2n) is 3.89. The van der Waals surface area contributed by atoms with E-state index in [4.69, 9.17) is 0 Å². The van der Waals surface area contributed by atoms with Crippen molar-refractivity contribution in [2.75, 3.05) is 5.32 Å². The van der Waals surface area contributed by atoms with Crippen LogP contribution in [0.3, 0.4) is 0 Å². The van der Waals surface area contributed by atoms with Crippen molar-refractivity contribution in [1.29, 1.82) is 0 Å². The quantitative estimate of drug-likeness (QED) is 0.890. The Morgan fingerprint density at radius 1 is 1.38 bits per heavy atom. The minimum atomic E-state index is 0.799. The van der Waals surface area contributed by atoms with E-state index < -0.39 is 0 Å². The predicted octanol–water partition coefficient (Wildman–Crippen LogP) is 2.41. The molecule has 1 N–H and O–H groups in total. The molecule has 0 aromatic carbocycles. The SMILES string of the molecule is Cc1nc(C)c(CNc2cc(C)n(C)n2)s1. The van der Waals surface area contributed by atoms with Crippen molar-refractivity contribution in [3.05, 3.63) is 27.3 Å². The third-order valence-electron chi connectivity index (χ3n) is 2.54. The van der Waals surface area contributed by atoms with Gasteiger partial charge in [-0.25, -0.2) is 4.98 Å². The Morgan fingerprint density at radius 3 is 2.62 bits per heavy atom. The minimum absolute atomic E-state index is 0.799. The topological polar surface area (TPSA) is 42.7 Å². The summed E-state index contributed by atoms with van der Waals surface area (Å²) in [5, 5.41) is 8.78. The first-order chi connectivity index (χ1) is 7.56. The van der Waals surface area contributed by atoms with Crippen LogP contribution in [-0.2, 0) is 13.6 Å². The average molecular weight is 236 g/mol. The predicted molar refractivity (Wildman–Crippen MR) is 66.9 cm³/mol. The molecule has 0 atom stereocenters. The Morgan fingerprint density at radius 2 is 2.12 bits per heavy atom. The number of nitrogens with zero attached hydrogens (tertiary/aromatic N) is 3. The first kappa shape index (κ1) is 11.1. The molecule has 86 valence electrons. The van der Waals surface area contributed by atoms with E-state index in [-0.39, 0.29) is 0 Å². The minimum Gasteiger partial charge on any atom is -0.364 e. The molecular formula is C11H16N4S. The van der Waals surface area contributed by atoms with E-state index in [0.29, 0.717) is 0 Å². The first-order valence-corrected chi connectivity index (χ1v) is 6.05. The fourth-order valence-corrected chi connectivity index (χ4v) is 2.43. The van der Waals surface area contributed by atoms with Crippen molar-refractivity contribution in [3.63, 3.8) is 0 Å². The maximum atomic E-state index is 4.40. The Kier molecular flexibility index (Phi) is 2.96. The van der Waals surface area contributed by atoms with Gasteiger partial charge in [-0.2, -0.15) is 5.10 Å². The van der Waals surface area contributed by atoms with E-state index >= 15 is 0 Å². The number of aromatic nitrogens is 3. The van der Waals surface area contributed by atoms with Crippen LogP contribution in [0, 0.1) is 20.8 Å². The fraction of sp³-hybridized carbons (Fsp3) is 0.455. The summed E-state index contributed by atoms with van der Waals surface area (Å²) >= 11 is 1.74. The van der Waals surface area contributed by atoms with Gasteiger partial charge in [0, 0.05) is 23.7 Å². The van der Waals surface area contributed by atoms with Gasteiger partial charge in [-0.3, -0.25) is 4.68 Å². The average Bonchev–Trinajstić information content (AvgIpc) is 2.68. The molecule has 16 heavy (non-hydrogen) atoms. The molecule has 0 saturated heterocycles. The highest BCUT2D eigenvalue weighted by Crippen LogP contribution is 2.18. The molecule has 0 aliphatic heterocycles. The van der Waals surface area contributed by atoms with Crippen LogP contribution in [0.15, 0.2) is 6.07 Å². The van der Waals surface area contributed by atoms with Crippen LogP contribution in [0.5, 0.6) is 0 Å². The molecule has 0 saturated carbocycles. The Balaban J connectivity index is 2.04. The molecular weight excluding hydrogens is 220 g/mol. The largest absolute Gasteiger partial charge is 0.364 e. The van der Waals surface area contributed by atoms with Crippen molar-refractivity contribution in [2.45, 2.75) is 27.3 Å². The van der Waals surface area contributed by atoms with Gasteiger partial charge in [0.05, 0.1) is 17.2 Å². The molecule has 0 aliphatic rings. The van der Waals surface area contributed by atoms with Crippen LogP contribution in [0.1, 0.15) is 21.3 Å². The van der Waals surface area contributed by atoms with Crippen molar-refractivity contribution in [1.82, 2.24) is 14.8 Å². The summed E-state index contributed by atoms with van der Waals surface area (Å²) in [6, 6.07) is 2.04. The zero-order chi connectivity index (χ0) is 11.7. The number of anilines is 1. The molecule has 0 unspecified atom stereocenters. The number of aryl methyl sites for hydroxylation is 4. The van der Waals surface area contributed by atoms with E-state index in [2.05, 4.69) is 15.4 Å². The van der Waals surface area contributed by atoms with Crippen LogP contribution in [0.25, 0.3) is 0 Å². The summed E-state index contributed by atoms with van der Waals surface area (Å²) in [5.41, 5.74) is 2.27. The summed E-state index contributed by atoms with van der Waals surface area (Å²) in [7, 11) is 1.95. The molecule has 2 aromatic heterocycles. The summed E-state index contributed by atoms with van der Waals surface area (Å²) in [5.74, 6) is 0.922.